The van der Waals surface area contributed by atoms with E-state index in [2.05, 4.69) is 10.1 Å². The fourth-order valence-corrected chi connectivity index (χ4v) is 2.19. The monoisotopic (exact) mass is 317 g/mol. The van der Waals surface area contributed by atoms with Crippen LogP contribution in [0.5, 0.6) is 5.75 Å². The lowest BCUT2D eigenvalue weighted by Gasteiger charge is -2.32. The van der Waals surface area contributed by atoms with Gasteiger partial charge in [-0.2, -0.15) is 13.2 Å². The number of rotatable bonds is 5. The summed E-state index contributed by atoms with van der Waals surface area (Å²) in [7, 11) is 0. The van der Waals surface area contributed by atoms with E-state index in [9.17, 15) is 22.8 Å². The Morgan fingerprint density at radius 1 is 1.23 bits per heavy atom. The Balaban J connectivity index is 2.03. The van der Waals surface area contributed by atoms with Gasteiger partial charge >= 0.3 is 12.1 Å². The van der Waals surface area contributed by atoms with E-state index in [-0.39, 0.29) is 11.4 Å². The van der Waals surface area contributed by atoms with E-state index < -0.39 is 36.5 Å². The summed E-state index contributed by atoms with van der Waals surface area (Å²) in [6.45, 7) is -1.47. The number of carboxylic acids is 1. The van der Waals surface area contributed by atoms with E-state index in [1.54, 1.807) is 0 Å². The second-order valence-electron chi connectivity index (χ2n) is 5.02. The maximum absolute atomic E-state index is 12.2. The lowest BCUT2D eigenvalue weighted by Crippen LogP contribution is -2.41. The standard InChI is InChI=1S/C14H14F3NO4/c15-14(16,17)7-22-11-4-2-1-3-10(11)18-12(19)8-5-6-9(8)13(20)21/h1-4,8-9H,5-7H2,(H,18,19)(H,20,21). The first kappa shape index (κ1) is 16.1. The van der Waals surface area contributed by atoms with E-state index in [4.69, 9.17) is 5.11 Å². The number of ether oxygens (including phenoxy) is 1. The van der Waals surface area contributed by atoms with Crippen molar-refractivity contribution in [2.45, 2.75) is 19.0 Å². The third-order valence-corrected chi connectivity index (χ3v) is 3.46. The molecule has 2 unspecified atom stereocenters. The number of aliphatic carboxylic acids is 1. The highest BCUT2D eigenvalue weighted by Gasteiger charge is 2.41. The van der Waals surface area contributed by atoms with Crippen LogP contribution in [0.2, 0.25) is 0 Å². The summed E-state index contributed by atoms with van der Waals surface area (Å²) in [6, 6.07) is 5.71. The van der Waals surface area contributed by atoms with Gasteiger partial charge in [0.15, 0.2) is 6.61 Å². The van der Waals surface area contributed by atoms with Crippen LogP contribution in [0.15, 0.2) is 24.3 Å². The molecule has 0 saturated heterocycles. The van der Waals surface area contributed by atoms with Crippen molar-refractivity contribution in [2.75, 3.05) is 11.9 Å². The number of halogens is 3. The van der Waals surface area contributed by atoms with Gasteiger partial charge in [-0.25, -0.2) is 0 Å². The van der Waals surface area contributed by atoms with Crippen molar-refractivity contribution in [3.8, 4) is 5.75 Å². The first-order valence-electron chi connectivity index (χ1n) is 6.60. The highest BCUT2D eigenvalue weighted by molar-refractivity contribution is 5.97. The molecule has 5 nitrogen and oxygen atoms in total. The molecule has 1 fully saturated rings. The predicted octanol–water partition coefficient (Wildman–Crippen LogP) is 2.68. The molecule has 1 saturated carbocycles. The fraction of sp³-hybridized carbons (Fsp3) is 0.429. The van der Waals surface area contributed by atoms with Crippen LogP contribution < -0.4 is 10.1 Å². The number of anilines is 1. The van der Waals surface area contributed by atoms with Crippen molar-refractivity contribution in [3.63, 3.8) is 0 Å². The Bertz CT molecular complexity index is 573. The summed E-state index contributed by atoms with van der Waals surface area (Å²) in [5, 5.41) is 11.4. The van der Waals surface area contributed by atoms with Crippen LogP contribution in [0.4, 0.5) is 18.9 Å². The number of nitrogens with one attached hydrogen (secondary N) is 1. The van der Waals surface area contributed by atoms with Gasteiger partial charge in [0, 0.05) is 0 Å². The normalized spacial score (nSPS) is 20.9. The molecule has 2 rings (SSSR count). The molecule has 1 aliphatic rings. The minimum atomic E-state index is -4.49. The van der Waals surface area contributed by atoms with Gasteiger partial charge < -0.3 is 15.2 Å². The van der Waals surface area contributed by atoms with E-state index in [0.717, 1.165) is 0 Å². The number of hydrogen-bond acceptors (Lipinski definition) is 3. The highest BCUT2D eigenvalue weighted by Crippen LogP contribution is 2.36. The van der Waals surface area contributed by atoms with Gasteiger partial charge in [-0.1, -0.05) is 12.1 Å². The molecule has 0 bridgehead atoms. The number of para-hydroxylation sites is 2. The molecule has 0 aromatic heterocycles. The highest BCUT2D eigenvalue weighted by atomic mass is 19.4. The molecule has 2 atom stereocenters. The Hall–Kier alpha value is -2.25. The summed E-state index contributed by atoms with van der Waals surface area (Å²) < 4.78 is 41.2. The molecule has 0 aliphatic heterocycles. The zero-order chi connectivity index (χ0) is 16.3. The Labute approximate surface area is 124 Å². The van der Waals surface area contributed by atoms with Crippen LogP contribution in [-0.4, -0.2) is 29.8 Å². The third kappa shape index (κ3) is 3.90. The van der Waals surface area contributed by atoms with Crippen molar-refractivity contribution in [1.29, 1.82) is 0 Å². The van der Waals surface area contributed by atoms with Crippen molar-refractivity contribution in [1.82, 2.24) is 0 Å². The van der Waals surface area contributed by atoms with Crippen molar-refractivity contribution in [3.05, 3.63) is 24.3 Å². The molecule has 1 aromatic carbocycles. The van der Waals surface area contributed by atoms with Crippen molar-refractivity contribution in [2.24, 2.45) is 11.8 Å². The minimum Gasteiger partial charge on any atom is -0.482 e. The van der Waals surface area contributed by atoms with Crippen LogP contribution in [0.25, 0.3) is 0 Å². The smallest absolute Gasteiger partial charge is 0.422 e. The molecule has 1 amide bonds. The quantitative estimate of drug-likeness (QED) is 0.875. The number of amides is 1. The van der Waals surface area contributed by atoms with Gasteiger partial charge in [-0.05, 0) is 25.0 Å². The van der Waals surface area contributed by atoms with E-state index >= 15 is 0 Å². The topological polar surface area (TPSA) is 75.6 Å². The third-order valence-electron chi connectivity index (χ3n) is 3.46. The summed E-state index contributed by atoms with van der Waals surface area (Å²) >= 11 is 0. The van der Waals surface area contributed by atoms with Gasteiger partial charge in [-0.3, -0.25) is 9.59 Å². The van der Waals surface area contributed by atoms with E-state index in [1.807, 2.05) is 0 Å². The zero-order valence-electron chi connectivity index (χ0n) is 11.4. The molecule has 8 heteroatoms. The van der Waals surface area contributed by atoms with Crippen LogP contribution in [-0.2, 0) is 9.59 Å². The molecular formula is C14H14F3NO4. The first-order valence-corrected chi connectivity index (χ1v) is 6.60. The average Bonchev–Trinajstić information content (AvgIpc) is 2.34. The maximum Gasteiger partial charge on any atom is 0.422 e. The number of alkyl halides is 3. The van der Waals surface area contributed by atoms with Crippen LogP contribution >= 0.6 is 0 Å². The Morgan fingerprint density at radius 3 is 2.41 bits per heavy atom. The van der Waals surface area contributed by atoms with E-state index in [0.29, 0.717) is 12.8 Å². The predicted molar refractivity (Wildman–Crippen MR) is 70.5 cm³/mol. The second kappa shape index (κ2) is 6.25. The number of carboxylic acid groups (broad SMARTS) is 1. The molecule has 2 N–H and O–H groups in total. The largest absolute Gasteiger partial charge is 0.482 e. The first-order chi connectivity index (χ1) is 10.3. The molecule has 1 aliphatic carbocycles. The van der Waals surface area contributed by atoms with Gasteiger partial charge in [0.1, 0.15) is 5.75 Å². The van der Waals surface area contributed by atoms with Gasteiger partial charge in [0.25, 0.3) is 0 Å². The SMILES string of the molecule is O=C(O)C1CCC1C(=O)Nc1ccccc1OCC(F)(F)F. The minimum absolute atomic E-state index is 0.0905. The molecule has 1 aromatic rings. The van der Waals surface area contributed by atoms with Crippen molar-refractivity contribution >= 4 is 17.6 Å². The zero-order valence-corrected chi connectivity index (χ0v) is 11.4. The molecule has 0 heterocycles. The number of carbonyl (C=O) groups is 2. The Kier molecular flexibility index (Phi) is 4.58. The summed E-state index contributed by atoms with van der Waals surface area (Å²) in [6.07, 6.45) is -3.63. The van der Waals surface area contributed by atoms with Crippen LogP contribution in [0.1, 0.15) is 12.8 Å². The molecule has 0 spiro atoms. The van der Waals surface area contributed by atoms with Crippen molar-refractivity contribution < 1.29 is 32.6 Å². The average molecular weight is 317 g/mol. The maximum atomic E-state index is 12.2. The molecule has 0 radical (unpaired) electrons. The van der Waals surface area contributed by atoms with Gasteiger partial charge in [-0.15, -0.1) is 0 Å². The molecule has 120 valence electrons. The van der Waals surface area contributed by atoms with E-state index in [1.165, 1.54) is 24.3 Å². The van der Waals surface area contributed by atoms with Crippen LogP contribution in [0, 0.1) is 11.8 Å². The number of carbonyl (C=O) groups excluding carboxylic acids is 1. The Morgan fingerprint density at radius 2 is 1.86 bits per heavy atom. The fourth-order valence-electron chi connectivity index (χ4n) is 2.19. The van der Waals surface area contributed by atoms with Gasteiger partial charge in [0.05, 0.1) is 17.5 Å². The summed E-state index contributed by atoms with van der Waals surface area (Å²) in [4.78, 5) is 22.9. The number of hydrogen-bond donors (Lipinski definition) is 2. The molecule has 22 heavy (non-hydrogen) atoms. The lowest BCUT2D eigenvalue weighted by atomic mass is 9.73. The molecular weight excluding hydrogens is 303 g/mol. The lowest BCUT2D eigenvalue weighted by molar-refractivity contribution is -0.153. The summed E-state index contributed by atoms with van der Waals surface area (Å²) in [5.74, 6) is -3.11. The van der Waals surface area contributed by atoms with Gasteiger partial charge in [0.2, 0.25) is 5.91 Å². The number of benzene rings is 1. The second-order valence-corrected chi connectivity index (χ2v) is 5.02. The van der Waals surface area contributed by atoms with Crippen LogP contribution in [0.3, 0.4) is 0 Å². The summed E-state index contributed by atoms with van der Waals surface area (Å²) in [5.41, 5.74) is 0.0905.